The minimum Gasteiger partial charge on any atom is -0.489 e. The largest absolute Gasteiger partial charge is 0.489 e. The average Bonchev–Trinajstić information content (AvgIpc) is 3.34. The first kappa shape index (κ1) is 26.7. The highest BCUT2D eigenvalue weighted by Crippen LogP contribution is 2.42. The van der Waals surface area contributed by atoms with Gasteiger partial charge in [0, 0.05) is 41.8 Å². The molecule has 1 atom stereocenters. The molecule has 2 aliphatic heterocycles. The first-order chi connectivity index (χ1) is 19.7. The molecule has 4 aromatic rings. The Morgan fingerprint density at radius 1 is 1.20 bits per heavy atom. The van der Waals surface area contributed by atoms with Crippen LogP contribution in [-0.4, -0.2) is 85.9 Å². The highest BCUT2D eigenvalue weighted by atomic mass is 19.1. The lowest BCUT2D eigenvalue weighted by atomic mass is 9.97. The Bertz CT molecular complexity index is 1690. The van der Waals surface area contributed by atoms with Crippen molar-refractivity contribution in [1.29, 1.82) is 0 Å². The molecule has 0 radical (unpaired) electrons. The number of piperazine rings is 1. The van der Waals surface area contributed by atoms with Gasteiger partial charge in [-0.3, -0.25) is 9.89 Å². The smallest absolute Gasteiger partial charge is 0.238 e. The summed E-state index contributed by atoms with van der Waals surface area (Å²) >= 11 is 0. The monoisotopic (exact) mass is 557 g/mol. The molecule has 1 fully saturated rings. The summed E-state index contributed by atoms with van der Waals surface area (Å²) in [6.45, 7) is 11.2. The summed E-state index contributed by atoms with van der Waals surface area (Å²) < 4.78 is 36.9. The lowest BCUT2D eigenvalue weighted by Crippen LogP contribution is -2.56. The van der Waals surface area contributed by atoms with Crippen molar-refractivity contribution in [2.24, 2.45) is 0 Å². The molecule has 3 aromatic carbocycles. The van der Waals surface area contributed by atoms with Gasteiger partial charge >= 0.3 is 0 Å². The van der Waals surface area contributed by atoms with Crippen LogP contribution in [0.2, 0.25) is 0 Å². The van der Waals surface area contributed by atoms with Crippen LogP contribution < -0.4 is 15.0 Å². The predicted molar refractivity (Wildman–Crippen MR) is 154 cm³/mol. The van der Waals surface area contributed by atoms with E-state index in [1.165, 1.54) is 0 Å². The Morgan fingerprint density at radius 3 is 2.71 bits per heavy atom. The van der Waals surface area contributed by atoms with Gasteiger partial charge in [0.2, 0.25) is 5.91 Å². The molecular formula is C30H29F2N7O2. The van der Waals surface area contributed by atoms with Crippen molar-refractivity contribution in [1.82, 2.24) is 20.0 Å². The van der Waals surface area contributed by atoms with Gasteiger partial charge in [-0.2, -0.15) is 5.10 Å². The molecule has 2 aliphatic rings. The standard InChI is InChI=1S/C30H29F2N7O2/c1-33-24-13-25-21(12-20(24)29-22(31)10-18(11-23(29)32)34-28(40)15-37(2)3)30(36-35-25)17-5-6-26-27(9-17)41-16-19-14-38(4)7-8-39(19)26/h5-6,9-13,19H,7-8,14-16H2,2-4H3,(H,34,40)(H,35,36). The van der Waals surface area contributed by atoms with E-state index in [-0.39, 0.29) is 29.0 Å². The number of aromatic nitrogens is 2. The molecule has 41 heavy (non-hydrogen) atoms. The van der Waals surface area contributed by atoms with Crippen molar-refractivity contribution >= 4 is 33.9 Å². The summed E-state index contributed by atoms with van der Waals surface area (Å²) in [5.41, 5.74) is 2.81. The van der Waals surface area contributed by atoms with Crippen LogP contribution in [0.1, 0.15) is 0 Å². The first-order valence-corrected chi connectivity index (χ1v) is 13.3. The summed E-state index contributed by atoms with van der Waals surface area (Å²) in [4.78, 5) is 22.0. The maximum absolute atomic E-state index is 15.4. The number of carbonyl (C=O) groups excluding carboxylic acids is 1. The van der Waals surface area contributed by atoms with Crippen molar-refractivity contribution in [3.8, 4) is 28.1 Å². The normalized spacial score (nSPS) is 16.7. The van der Waals surface area contributed by atoms with Gasteiger partial charge in [0.1, 0.15) is 24.0 Å². The summed E-state index contributed by atoms with van der Waals surface area (Å²) in [6, 6.07) is 11.5. The zero-order chi connectivity index (χ0) is 28.8. The fourth-order valence-corrected chi connectivity index (χ4v) is 5.63. The number of H-pyrrole nitrogens is 1. The fraction of sp³-hybridized carbons (Fsp3) is 0.300. The molecule has 11 heteroatoms. The molecule has 3 heterocycles. The van der Waals surface area contributed by atoms with Crippen LogP contribution in [0, 0.1) is 18.2 Å². The number of nitrogens with one attached hydrogen (secondary N) is 2. The molecule has 2 N–H and O–H groups in total. The lowest BCUT2D eigenvalue weighted by molar-refractivity contribution is -0.116. The molecule has 0 aliphatic carbocycles. The van der Waals surface area contributed by atoms with Crippen LogP contribution in [0.15, 0.2) is 42.5 Å². The molecular weight excluding hydrogens is 528 g/mol. The number of anilines is 2. The van der Waals surface area contributed by atoms with E-state index in [1.807, 2.05) is 18.2 Å². The molecule has 0 saturated carbocycles. The number of aromatic amines is 1. The number of ether oxygens (including phenoxy) is 1. The van der Waals surface area contributed by atoms with Crippen molar-refractivity contribution < 1.29 is 18.3 Å². The van der Waals surface area contributed by atoms with Crippen LogP contribution in [0.25, 0.3) is 38.1 Å². The Balaban J connectivity index is 1.38. The number of hydrogen-bond acceptors (Lipinski definition) is 6. The molecule has 0 spiro atoms. The fourth-order valence-electron chi connectivity index (χ4n) is 5.63. The van der Waals surface area contributed by atoms with E-state index in [2.05, 4.69) is 37.2 Å². The number of amides is 1. The number of nitrogens with zero attached hydrogens (tertiary/aromatic N) is 5. The van der Waals surface area contributed by atoms with Gasteiger partial charge in [0.15, 0.2) is 5.69 Å². The Labute approximate surface area is 236 Å². The Hall–Kier alpha value is -4.53. The highest BCUT2D eigenvalue weighted by molar-refractivity contribution is 6.01. The Kier molecular flexibility index (Phi) is 6.81. The minimum atomic E-state index is -0.886. The molecule has 1 unspecified atom stereocenters. The zero-order valence-corrected chi connectivity index (χ0v) is 23.0. The van der Waals surface area contributed by atoms with Gasteiger partial charge in [-0.05, 0) is 57.0 Å². The topological polar surface area (TPSA) is 81.1 Å². The molecule has 6 rings (SSSR count). The maximum Gasteiger partial charge on any atom is 0.238 e. The van der Waals surface area contributed by atoms with Crippen LogP contribution in [0.4, 0.5) is 25.8 Å². The van der Waals surface area contributed by atoms with E-state index in [9.17, 15) is 4.79 Å². The van der Waals surface area contributed by atoms with Gasteiger partial charge in [-0.25, -0.2) is 13.6 Å². The van der Waals surface area contributed by atoms with Crippen LogP contribution in [0.3, 0.4) is 0 Å². The van der Waals surface area contributed by atoms with E-state index >= 15 is 8.78 Å². The number of fused-ring (bicyclic) bond motifs is 4. The van der Waals surface area contributed by atoms with Crippen molar-refractivity contribution in [2.45, 2.75) is 6.04 Å². The summed E-state index contributed by atoms with van der Waals surface area (Å²) in [7, 11) is 5.55. The molecule has 1 saturated heterocycles. The van der Waals surface area contributed by atoms with Crippen LogP contribution in [-0.2, 0) is 4.79 Å². The van der Waals surface area contributed by atoms with E-state index in [0.717, 1.165) is 48.8 Å². The van der Waals surface area contributed by atoms with E-state index < -0.39 is 17.5 Å². The third-order valence-electron chi connectivity index (χ3n) is 7.51. The van der Waals surface area contributed by atoms with Gasteiger partial charge in [0.25, 0.3) is 0 Å². The van der Waals surface area contributed by atoms with Gasteiger partial charge in [0.05, 0.1) is 36.1 Å². The number of benzene rings is 3. The number of carbonyl (C=O) groups is 1. The van der Waals surface area contributed by atoms with Gasteiger partial charge in [-0.15, -0.1) is 0 Å². The lowest BCUT2D eigenvalue weighted by Gasteiger charge is -2.44. The SMILES string of the molecule is [C-]#[N+]c1cc2[nH]nc(-c3ccc4c(c3)OCC3CN(C)CCN43)c2cc1-c1c(F)cc(NC(=O)CN(C)C)cc1F. The van der Waals surface area contributed by atoms with Crippen LogP contribution >= 0.6 is 0 Å². The number of halogens is 2. The molecule has 1 amide bonds. The first-order valence-electron chi connectivity index (χ1n) is 13.3. The van der Waals surface area contributed by atoms with Crippen molar-refractivity contribution in [3.63, 3.8) is 0 Å². The second kappa shape index (κ2) is 10.5. The number of likely N-dealkylation sites (N-methyl/N-ethyl adjacent to an activating group) is 2. The quantitative estimate of drug-likeness (QED) is 0.345. The molecule has 0 bridgehead atoms. The molecule has 1 aromatic heterocycles. The number of hydrogen-bond donors (Lipinski definition) is 2. The van der Waals surface area contributed by atoms with Crippen LogP contribution in [0.5, 0.6) is 5.75 Å². The third-order valence-corrected chi connectivity index (χ3v) is 7.51. The van der Waals surface area contributed by atoms with E-state index in [0.29, 0.717) is 29.2 Å². The highest BCUT2D eigenvalue weighted by Gasteiger charge is 2.32. The van der Waals surface area contributed by atoms with E-state index in [1.54, 1.807) is 31.1 Å². The minimum absolute atomic E-state index is 0.00156. The second-order valence-electron chi connectivity index (χ2n) is 10.8. The summed E-state index contributed by atoms with van der Waals surface area (Å²) in [5.74, 6) is -1.40. The van der Waals surface area contributed by atoms with E-state index in [4.69, 9.17) is 11.3 Å². The average molecular weight is 558 g/mol. The molecule has 9 nitrogen and oxygen atoms in total. The zero-order valence-electron chi connectivity index (χ0n) is 23.0. The van der Waals surface area contributed by atoms with Gasteiger partial charge in [-0.1, -0.05) is 12.1 Å². The molecule has 210 valence electrons. The Morgan fingerprint density at radius 2 is 1.98 bits per heavy atom. The van der Waals surface area contributed by atoms with Crippen molar-refractivity contribution in [2.75, 3.05) is 64.1 Å². The second-order valence-corrected chi connectivity index (χ2v) is 10.8. The van der Waals surface area contributed by atoms with Gasteiger partial charge < -0.3 is 24.8 Å². The van der Waals surface area contributed by atoms with Crippen molar-refractivity contribution in [3.05, 3.63) is 65.5 Å². The number of rotatable bonds is 5. The summed E-state index contributed by atoms with van der Waals surface area (Å²) in [6.07, 6.45) is 0. The predicted octanol–water partition coefficient (Wildman–Crippen LogP) is 4.74. The summed E-state index contributed by atoms with van der Waals surface area (Å²) in [5, 5.41) is 10.6. The maximum atomic E-state index is 15.4. The third kappa shape index (κ3) is 4.96.